The minimum absolute atomic E-state index is 0.361. The Kier molecular flexibility index (Phi) is 3.54. The van der Waals surface area contributed by atoms with Gasteiger partial charge < -0.3 is 0 Å². The monoisotopic (exact) mass is 219 g/mol. The molecule has 0 aliphatic rings. The van der Waals surface area contributed by atoms with E-state index in [1.54, 1.807) is 6.07 Å². The molecule has 0 aliphatic heterocycles. The van der Waals surface area contributed by atoms with Crippen molar-refractivity contribution in [3.05, 3.63) is 33.8 Å². The summed E-state index contributed by atoms with van der Waals surface area (Å²) in [5.41, 5.74) is 2.52. The van der Waals surface area contributed by atoms with Gasteiger partial charge in [-0.3, -0.25) is 9.63 Å². The van der Waals surface area contributed by atoms with Crippen molar-refractivity contribution in [3.8, 4) is 0 Å². The number of carbonyl (C=O) groups excluding carboxylic acids is 1. The molecule has 1 rings (SSSR count). The van der Waals surface area contributed by atoms with Crippen LogP contribution < -0.4 is 5.48 Å². The number of benzene rings is 1. The van der Waals surface area contributed by atoms with E-state index in [0.717, 1.165) is 0 Å². The molecule has 0 aromatic heterocycles. The highest BCUT2D eigenvalue weighted by molar-refractivity contribution is 6.35. The largest absolute Gasteiger partial charge is 0.277 e. The molecule has 5 heteroatoms. The number of hydrogen-bond acceptors (Lipinski definition) is 2. The van der Waals surface area contributed by atoms with Crippen LogP contribution in [-0.2, 0) is 4.84 Å². The predicted molar refractivity (Wildman–Crippen MR) is 50.9 cm³/mol. The highest BCUT2D eigenvalue weighted by Gasteiger charge is 2.06. The maximum atomic E-state index is 11.2. The summed E-state index contributed by atoms with van der Waals surface area (Å²) in [6.07, 6.45) is 0. The number of carbonyl (C=O) groups is 1. The Morgan fingerprint density at radius 3 is 2.31 bits per heavy atom. The van der Waals surface area contributed by atoms with Gasteiger partial charge in [-0.05, 0) is 18.2 Å². The van der Waals surface area contributed by atoms with E-state index in [1.165, 1.54) is 19.2 Å². The van der Waals surface area contributed by atoms with Gasteiger partial charge in [0.25, 0.3) is 5.91 Å². The fourth-order valence-corrected chi connectivity index (χ4v) is 1.36. The maximum absolute atomic E-state index is 11.2. The molecule has 0 radical (unpaired) electrons. The van der Waals surface area contributed by atoms with Crippen molar-refractivity contribution in [1.29, 1.82) is 0 Å². The van der Waals surface area contributed by atoms with Gasteiger partial charge in [0.15, 0.2) is 0 Å². The van der Waals surface area contributed by atoms with Crippen LogP contribution in [0.1, 0.15) is 10.4 Å². The van der Waals surface area contributed by atoms with Crippen LogP contribution in [0.25, 0.3) is 0 Å². The van der Waals surface area contributed by atoms with Crippen molar-refractivity contribution in [2.75, 3.05) is 7.11 Å². The van der Waals surface area contributed by atoms with Crippen LogP contribution in [0.15, 0.2) is 18.2 Å². The summed E-state index contributed by atoms with van der Waals surface area (Å²) < 4.78 is 0. The average molecular weight is 220 g/mol. The third kappa shape index (κ3) is 2.88. The Balaban J connectivity index is 2.94. The van der Waals surface area contributed by atoms with Crippen LogP contribution in [0, 0.1) is 0 Å². The minimum atomic E-state index is -0.383. The lowest BCUT2D eigenvalue weighted by atomic mass is 10.2. The molecule has 0 unspecified atom stereocenters. The summed E-state index contributed by atoms with van der Waals surface area (Å²) in [6, 6.07) is 4.55. The third-order valence-corrected chi connectivity index (χ3v) is 1.76. The first kappa shape index (κ1) is 10.3. The Morgan fingerprint density at radius 2 is 1.85 bits per heavy atom. The summed E-state index contributed by atoms with van der Waals surface area (Å²) in [5, 5.41) is 0.822. The molecule has 1 amide bonds. The summed E-state index contributed by atoms with van der Waals surface area (Å²) in [6.45, 7) is 0. The zero-order valence-corrected chi connectivity index (χ0v) is 8.32. The lowest BCUT2D eigenvalue weighted by Crippen LogP contribution is -2.21. The molecule has 13 heavy (non-hydrogen) atoms. The number of hydrogen-bond donors (Lipinski definition) is 1. The van der Waals surface area contributed by atoms with E-state index in [9.17, 15) is 4.79 Å². The zero-order chi connectivity index (χ0) is 9.84. The summed E-state index contributed by atoms with van der Waals surface area (Å²) >= 11 is 11.4. The normalized spacial score (nSPS) is 9.77. The van der Waals surface area contributed by atoms with Crippen molar-refractivity contribution < 1.29 is 9.63 Å². The fourth-order valence-electron chi connectivity index (χ4n) is 0.837. The first-order valence-electron chi connectivity index (χ1n) is 3.43. The van der Waals surface area contributed by atoms with Gasteiger partial charge in [-0.25, -0.2) is 5.48 Å². The number of nitrogens with one attached hydrogen (secondary N) is 1. The second kappa shape index (κ2) is 4.46. The van der Waals surface area contributed by atoms with Gasteiger partial charge in [-0.1, -0.05) is 23.2 Å². The molecule has 1 aromatic carbocycles. The Bertz CT molecular complexity index is 308. The van der Waals surface area contributed by atoms with Crippen molar-refractivity contribution >= 4 is 29.1 Å². The molecule has 0 saturated carbocycles. The van der Waals surface area contributed by atoms with E-state index in [-0.39, 0.29) is 5.91 Å². The molecule has 0 heterocycles. The van der Waals surface area contributed by atoms with E-state index in [4.69, 9.17) is 23.2 Å². The second-order valence-corrected chi connectivity index (χ2v) is 3.17. The van der Waals surface area contributed by atoms with E-state index < -0.39 is 0 Å². The van der Waals surface area contributed by atoms with Gasteiger partial charge in [0, 0.05) is 15.6 Å². The predicted octanol–water partition coefficient (Wildman–Crippen LogP) is 2.28. The fraction of sp³-hybridized carbons (Fsp3) is 0.125. The number of hydroxylamine groups is 1. The molecule has 70 valence electrons. The third-order valence-electron chi connectivity index (χ3n) is 1.32. The maximum Gasteiger partial charge on any atom is 0.274 e. The lowest BCUT2D eigenvalue weighted by molar-refractivity contribution is 0.0537. The zero-order valence-electron chi connectivity index (χ0n) is 6.80. The highest BCUT2D eigenvalue weighted by Crippen LogP contribution is 2.18. The van der Waals surface area contributed by atoms with Crippen LogP contribution in [0.5, 0.6) is 0 Å². The Morgan fingerprint density at radius 1 is 1.31 bits per heavy atom. The molecule has 0 atom stereocenters. The lowest BCUT2D eigenvalue weighted by Gasteiger charge is -2.02. The first-order valence-corrected chi connectivity index (χ1v) is 4.18. The minimum Gasteiger partial charge on any atom is -0.277 e. The van der Waals surface area contributed by atoms with Gasteiger partial charge >= 0.3 is 0 Å². The molecule has 0 aliphatic carbocycles. The van der Waals surface area contributed by atoms with Crippen LogP contribution in [0.4, 0.5) is 0 Å². The van der Waals surface area contributed by atoms with Gasteiger partial charge in [-0.2, -0.15) is 0 Å². The molecule has 0 fully saturated rings. The van der Waals surface area contributed by atoms with Crippen LogP contribution in [0.2, 0.25) is 10.0 Å². The number of amides is 1. The van der Waals surface area contributed by atoms with Crippen molar-refractivity contribution in [2.45, 2.75) is 0 Å². The topological polar surface area (TPSA) is 38.3 Å². The molecule has 3 nitrogen and oxygen atoms in total. The molecule has 0 saturated heterocycles. The standard InChI is InChI=1S/C8H7Cl2NO2/c1-13-11-8(12)5-2-6(9)4-7(10)3-5/h2-4H,1H3,(H,11,12). The van der Waals surface area contributed by atoms with E-state index >= 15 is 0 Å². The number of rotatable bonds is 2. The average Bonchev–Trinajstić information content (AvgIpc) is 2.03. The summed E-state index contributed by atoms with van der Waals surface area (Å²) in [4.78, 5) is 15.6. The molecular weight excluding hydrogens is 213 g/mol. The van der Waals surface area contributed by atoms with Crippen molar-refractivity contribution in [1.82, 2.24) is 5.48 Å². The quantitative estimate of drug-likeness (QED) is 0.776. The Hall–Kier alpha value is -0.770. The van der Waals surface area contributed by atoms with Crippen LogP contribution in [-0.4, -0.2) is 13.0 Å². The summed E-state index contributed by atoms with van der Waals surface area (Å²) in [5.74, 6) is -0.383. The number of halogens is 2. The smallest absolute Gasteiger partial charge is 0.274 e. The van der Waals surface area contributed by atoms with Crippen LogP contribution >= 0.6 is 23.2 Å². The summed E-state index contributed by atoms with van der Waals surface area (Å²) in [7, 11) is 1.35. The van der Waals surface area contributed by atoms with Gasteiger partial charge in [-0.15, -0.1) is 0 Å². The van der Waals surface area contributed by atoms with Crippen LogP contribution in [0.3, 0.4) is 0 Å². The van der Waals surface area contributed by atoms with Gasteiger partial charge in [0.05, 0.1) is 7.11 Å². The molecule has 1 N–H and O–H groups in total. The Labute approximate surface area is 85.5 Å². The first-order chi connectivity index (χ1) is 6.13. The molecule has 0 spiro atoms. The van der Waals surface area contributed by atoms with E-state index in [0.29, 0.717) is 15.6 Å². The van der Waals surface area contributed by atoms with E-state index in [2.05, 4.69) is 10.3 Å². The molecule has 0 bridgehead atoms. The molecular formula is C8H7Cl2NO2. The van der Waals surface area contributed by atoms with Gasteiger partial charge in [0.2, 0.25) is 0 Å². The van der Waals surface area contributed by atoms with Crippen molar-refractivity contribution in [2.24, 2.45) is 0 Å². The highest BCUT2D eigenvalue weighted by atomic mass is 35.5. The second-order valence-electron chi connectivity index (χ2n) is 2.29. The molecule has 1 aromatic rings. The SMILES string of the molecule is CONC(=O)c1cc(Cl)cc(Cl)c1. The van der Waals surface area contributed by atoms with E-state index in [1.807, 2.05) is 0 Å². The van der Waals surface area contributed by atoms with Crippen molar-refractivity contribution in [3.63, 3.8) is 0 Å². The van der Waals surface area contributed by atoms with Gasteiger partial charge in [0.1, 0.15) is 0 Å².